The molecule has 0 fully saturated rings. The molecule has 1 N–H and O–H groups in total. The number of amides is 1. The second-order valence-corrected chi connectivity index (χ2v) is 8.73. The molecule has 174 valence electrons. The molecule has 3 aromatic heterocycles. The van der Waals surface area contributed by atoms with E-state index in [0.29, 0.717) is 23.2 Å². The summed E-state index contributed by atoms with van der Waals surface area (Å²) in [6, 6.07) is 19.6. The smallest absolute Gasteiger partial charge is 0.287 e. The number of aryl methyl sites for hydroxylation is 1. The number of nitrogens with zero attached hydrogens (tertiary/aromatic N) is 4. The lowest BCUT2D eigenvalue weighted by Crippen LogP contribution is -2.22. The van der Waals surface area contributed by atoms with Gasteiger partial charge in [-0.3, -0.25) is 9.78 Å². The molecule has 0 unspecified atom stereocenters. The highest BCUT2D eigenvalue weighted by Crippen LogP contribution is 2.24. The molecule has 0 atom stereocenters. The van der Waals surface area contributed by atoms with Crippen molar-refractivity contribution in [1.29, 1.82) is 0 Å². The number of hydrogen-bond donors (Lipinski definition) is 1. The van der Waals surface area contributed by atoms with Crippen molar-refractivity contribution in [3.8, 4) is 0 Å². The van der Waals surface area contributed by atoms with Crippen LogP contribution in [0.3, 0.4) is 0 Å². The summed E-state index contributed by atoms with van der Waals surface area (Å²) in [5.41, 5.74) is 3.19. The quantitative estimate of drug-likeness (QED) is 0.259. The molecule has 0 spiro atoms. The molecule has 7 nitrogen and oxygen atoms in total. The third-order valence-corrected chi connectivity index (χ3v) is 6.06. The third kappa shape index (κ3) is 6.45. The van der Waals surface area contributed by atoms with Crippen LogP contribution < -0.4 is 10.2 Å². The van der Waals surface area contributed by atoms with Crippen LogP contribution in [0.5, 0.6) is 0 Å². The average molecular weight is 474 g/mol. The largest absolute Gasteiger partial charge is 0.455 e. The average Bonchev–Trinajstić information content (AvgIpc) is 3.36. The van der Waals surface area contributed by atoms with E-state index in [2.05, 4.69) is 39.2 Å². The summed E-state index contributed by atoms with van der Waals surface area (Å²) in [5, 5.41) is 3.55. The standard InChI is InChI=1S/C26H27N5O2S/c1-3-21-15-24(31(2)17-20-7-5-4-6-8-20)30-26(29-21)34-18-22-9-10-23(33-22)25(32)28-16-19-11-13-27-14-12-19/h4-15H,3,16-18H2,1-2H3,(H,28,32). The van der Waals surface area contributed by atoms with Gasteiger partial charge in [-0.1, -0.05) is 49.0 Å². The van der Waals surface area contributed by atoms with Crippen LogP contribution in [0.4, 0.5) is 5.82 Å². The summed E-state index contributed by atoms with van der Waals surface area (Å²) in [7, 11) is 2.03. The van der Waals surface area contributed by atoms with E-state index in [0.717, 1.165) is 30.0 Å². The van der Waals surface area contributed by atoms with Gasteiger partial charge in [0.2, 0.25) is 0 Å². The molecule has 1 aromatic carbocycles. The zero-order chi connectivity index (χ0) is 23.8. The van der Waals surface area contributed by atoms with Crippen molar-refractivity contribution in [1.82, 2.24) is 20.3 Å². The molecule has 34 heavy (non-hydrogen) atoms. The van der Waals surface area contributed by atoms with Crippen LogP contribution in [0.2, 0.25) is 0 Å². The fraction of sp³-hybridized carbons (Fsp3) is 0.231. The van der Waals surface area contributed by atoms with Crippen LogP contribution in [0.25, 0.3) is 0 Å². The molecule has 4 rings (SSSR count). The number of hydrogen-bond acceptors (Lipinski definition) is 7. The highest BCUT2D eigenvalue weighted by atomic mass is 32.2. The van der Waals surface area contributed by atoms with Crippen molar-refractivity contribution < 1.29 is 9.21 Å². The van der Waals surface area contributed by atoms with Gasteiger partial charge in [-0.15, -0.1) is 0 Å². The second kappa shape index (κ2) is 11.5. The molecule has 0 saturated heterocycles. The maximum atomic E-state index is 12.4. The van der Waals surface area contributed by atoms with E-state index >= 15 is 0 Å². The Kier molecular flexibility index (Phi) is 7.93. The van der Waals surface area contributed by atoms with Crippen molar-refractivity contribution in [2.75, 3.05) is 11.9 Å². The van der Waals surface area contributed by atoms with Crippen LogP contribution in [-0.4, -0.2) is 27.9 Å². The number of benzene rings is 1. The van der Waals surface area contributed by atoms with E-state index in [1.54, 1.807) is 18.5 Å². The number of rotatable bonds is 10. The molecule has 0 aliphatic carbocycles. The van der Waals surface area contributed by atoms with Crippen molar-refractivity contribution in [3.63, 3.8) is 0 Å². The van der Waals surface area contributed by atoms with Gasteiger partial charge in [0.1, 0.15) is 11.6 Å². The van der Waals surface area contributed by atoms with Gasteiger partial charge in [-0.2, -0.15) is 0 Å². The Morgan fingerprint density at radius 2 is 1.82 bits per heavy atom. The monoisotopic (exact) mass is 473 g/mol. The highest BCUT2D eigenvalue weighted by molar-refractivity contribution is 7.98. The Morgan fingerprint density at radius 1 is 1.03 bits per heavy atom. The minimum atomic E-state index is -0.248. The molecule has 4 aromatic rings. The summed E-state index contributed by atoms with van der Waals surface area (Å²) < 4.78 is 5.76. The van der Waals surface area contributed by atoms with Crippen LogP contribution >= 0.6 is 11.8 Å². The predicted molar refractivity (Wildman–Crippen MR) is 134 cm³/mol. The lowest BCUT2D eigenvalue weighted by atomic mass is 10.2. The number of furan rings is 1. The maximum Gasteiger partial charge on any atom is 0.287 e. The van der Waals surface area contributed by atoms with Gasteiger partial charge in [-0.05, 0) is 41.8 Å². The van der Waals surface area contributed by atoms with Gasteiger partial charge < -0.3 is 14.6 Å². The van der Waals surface area contributed by atoms with Crippen LogP contribution in [-0.2, 0) is 25.3 Å². The van der Waals surface area contributed by atoms with Crippen LogP contribution in [0.1, 0.15) is 40.1 Å². The number of nitrogens with one attached hydrogen (secondary N) is 1. The molecule has 0 radical (unpaired) electrons. The molecule has 1 amide bonds. The van der Waals surface area contributed by atoms with E-state index in [4.69, 9.17) is 9.40 Å². The normalized spacial score (nSPS) is 10.8. The van der Waals surface area contributed by atoms with Gasteiger partial charge in [0, 0.05) is 44.3 Å². The first-order valence-corrected chi connectivity index (χ1v) is 12.1. The second-order valence-electron chi connectivity index (χ2n) is 7.79. The molecule has 0 aliphatic heterocycles. The van der Waals surface area contributed by atoms with E-state index in [1.807, 2.05) is 49.5 Å². The zero-order valence-corrected chi connectivity index (χ0v) is 20.1. The minimum Gasteiger partial charge on any atom is -0.455 e. The van der Waals surface area contributed by atoms with Crippen LogP contribution in [0.15, 0.2) is 82.6 Å². The van der Waals surface area contributed by atoms with E-state index in [9.17, 15) is 4.79 Å². The number of thioether (sulfide) groups is 1. The molecule has 3 heterocycles. The Bertz CT molecular complexity index is 1210. The number of carbonyl (C=O) groups is 1. The summed E-state index contributed by atoms with van der Waals surface area (Å²) in [4.78, 5) is 27.9. The lowest BCUT2D eigenvalue weighted by Gasteiger charge is -2.19. The Hall–Kier alpha value is -3.65. The molecular formula is C26H27N5O2S. The molecule has 0 aliphatic rings. The number of pyridine rings is 1. The van der Waals surface area contributed by atoms with Crippen molar-refractivity contribution in [2.24, 2.45) is 0 Å². The predicted octanol–water partition coefficient (Wildman–Crippen LogP) is 4.89. The first-order chi connectivity index (χ1) is 16.6. The lowest BCUT2D eigenvalue weighted by molar-refractivity contribution is 0.0921. The van der Waals surface area contributed by atoms with Gasteiger partial charge in [-0.25, -0.2) is 9.97 Å². The third-order valence-electron chi connectivity index (χ3n) is 5.19. The van der Waals surface area contributed by atoms with E-state index < -0.39 is 0 Å². The summed E-state index contributed by atoms with van der Waals surface area (Å²) >= 11 is 1.49. The van der Waals surface area contributed by atoms with E-state index in [-0.39, 0.29) is 11.7 Å². The number of carbonyl (C=O) groups excluding carboxylic acids is 1. The van der Waals surface area contributed by atoms with Gasteiger partial charge in [0.25, 0.3) is 5.91 Å². The van der Waals surface area contributed by atoms with Gasteiger partial charge in [0.05, 0.1) is 5.75 Å². The molecule has 0 saturated carbocycles. The Balaban J connectivity index is 1.37. The summed E-state index contributed by atoms with van der Waals surface area (Å²) in [6.07, 6.45) is 4.22. The van der Waals surface area contributed by atoms with Gasteiger partial charge in [0.15, 0.2) is 10.9 Å². The maximum absolute atomic E-state index is 12.4. The van der Waals surface area contributed by atoms with Crippen molar-refractivity contribution in [3.05, 3.63) is 101 Å². The molecule has 0 bridgehead atoms. The summed E-state index contributed by atoms with van der Waals surface area (Å²) in [5.74, 6) is 2.16. The number of aromatic nitrogens is 3. The highest BCUT2D eigenvalue weighted by Gasteiger charge is 2.13. The van der Waals surface area contributed by atoms with Gasteiger partial charge >= 0.3 is 0 Å². The Labute approximate surface area is 203 Å². The molecular weight excluding hydrogens is 446 g/mol. The fourth-order valence-electron chi connectivity index (χ4n) is 3.32. The Morgan fingerprint density at radius 3 is 2.59 bits per heavy atom. The SMILES string of the molecule is CCc1cc(N(C)Cc2ccccc2)nc(SCc2ccc(C(=O)NCc3ccncc3)o2)n1. The van der Waals surface area contributed by atoms with E-state index in [1.165, 1.54) is 17.3 Å². The molecule has 8 heteroatoms. The number of anilines is 1. The first-order valence-electron chi connectivity index (χ1n) is 11.1. The summed E-state index contributed by atoms with van der Waals surface area (Å²) in [6.45, 7) is 3.27. The fourth-order valence-corrected chi connectivity index (χ4v) is 4.09. The topological polar surface area (TPSA) is 84.2 Å². The van der Waals surface area contributed by atoms with Crippen molar-refractivity contribution in [2.45, 2.75) is 37.3 Å². The van der Waals surface area contributed by atoms with Crippen molar-refractivity contribution >= 4 is 23.5 Å². The zero-order valence-electron chi connectivity index (χ0n) is 19.3. The first kappa shape index (κ1) is 23.5. The van der Waals surface area contributed by atoms with Crippen LogP contribution in [0, 0.1) is 0 Å². The minimum absolute atomic E-state index is 0.248.